The first-order valence-corrected chi connectivity index (χ1v) is 8.18. The summed E-state index contributed by atoms with van der Waals surface area (Å²) < 4.78 is 2.02. The molecule has 0 aromatic carbocycles. The third-order valence-electron chi connectivity index (χ3n) is 5.20. The maximum absolute atomic E-state index is 12.3. The summed E-state index contributed by atoms with van der Waals surface area (Å²) in [5.74, 6) is 0.487. The number of fused-ring (bicyclic) bond motifs is 1. The van der Waals surface area contributed by atoms with Crippen LogP contribution in [0.3, 0.4) is 0 Å². The van der Waals surface area contributed by atoms with Crippen molar-refractivity contribution < 1.29 is 4.79 Å². The van der Waals surface area contributed by atoms with Gasteiger partial charge in [-0.1, -0.05) is 6.07 Å². The Kier molecular flexibility index (Phi) is 6.12. The second-order valence-corrected chi connectivity index (χ2v) is 6.61. The maximum Gasteiger partial charge on any atom is 0.223 e. The zero-order valence-electron chi connectivity index (χ0n) is 13.5. The molecule has 1 atom stereocenters. The van der Waals surface area contributed by atoms with Crippen LogP contribution in [0.2, 0.25) is 0 Å². The molecule has 1 aliphatic carbocycles. The summed E-state index contributed by atoms with van der Waals surface area (Å²) in [5, 5.41) is 6.48. The molecule has 1 spiro atoms. The predicted octanol–water partition coefficient (Wildman–Crippen LogP) is 2.23. The van der Waals surface area contributed by atoms with Crippen molar-refractivity contribution in [1.29, 1.82) is 0 Å². The van der Waals surface area contributed by atoms with Crippen molar-refractivity contribution in [1.82, 2.24) is 20.0 Å². The van der Waals surface area contributed by atoms with Crippen molar-refractivity contribution in [2.24, 2.45) is 11.3 Å². The van der Waals surface area contributed by atoms with Crippen molar-refractivity contribution in [2.45, 2.75) is 25.7 Å². The van der Waals surface area contributed by atoms with Crippen LogP contribution in [0.5, 0.6) is 0 Å². The number of nitrogens with one attached hydrogen (secondary N) is 2. The summed E-state index contributed by atoms with van der Waals surface area (Å²) >= 11 is 0. The van der Waals surface area contributed by atoms with Gasteiger partial charge in [-0.05, 0) is 49.9 Å². The Balaban J connectivity index is 0.00000104. The third kappa shape index (κ3) is 3.68. The molecule has 4 rings (SSSR count). The second-order valence-electron chi connectivity index (χ2n) is 6.61. The molecule has 2 fully saturated rings. The number of hydrogen-bond acceptors (Lipinski definition) is 3. The normalized spacial score (nSPS) is 20.9. The SMILES string of the molecule is Cl.Cl.O=C(NCCc1cn2ccccc2n1)C1CC12CCNCC2. The highest BCUT2D eigenvalue weighted by atomic mass is 35.5. The molecule has 1 amide bonds. The molecule has 2 N–H and O–H groups in total. The Labute approximate surface area is 154 Å². The van der Waals surface area contributed by atoms with E-state index in [1.54, 1.807) is 0 Å². The number of nitrogens with zero attached hydrogens (tertiary/aromatic N) is 2. The summed E-state index contributed by atoms with van der Waals surface area (Å²) in [6.07, 6.45) is 8.20. The zero-order valence-corrected chi connectivity index (χ0v) is 15.2. The number of rotatable bonds is 4. The lowest BCUT2D eigenvalue weighted by Crippen LogP contribution is -2.34. The van der Waals surface area contributed by atoms with E-state index < -0.39 is 0 Å². The van der Waals surface area contributed by atoms with E-state index in [9.17, 15) is 4.79 Å². The molecule has 3 heterocycles. The molecule has 2 aromatic heterocycles. The molecule has 2 aliphatic rings. The van der Waals surface area contributed by atoms with Crippen LogP contribution in [0, 0.1) is 11.3 Å². The van der Waals surface area contributed by atoms with Crippen molar-refractivity contribution in [3.63, 3.8) is 0 Å². The van der Waals surface area contributed by atoms with Crippen LogP contribution < -0.4 is 10.6 Å². The monoisotopic (exact) mass is 370 g/mol. The van der Waals surface area contributed by atoms with Crippen molar-refractivity contribution in [3.8, 4) is 0 Å². The van der Waals surface area contributed by atoms with E-state index in [0.717, 1.165) is 50.1 Å². The molecule has 1 aliphatic heterocycles. The number of hydrogen-bond donors (Lipinski definition) is 2. The minimum atomic E-state index is 0. The molecule has 7 heteroatoms. The van der Waals surface area contributed by atoms with Gasteiger partial charge in [-0.2, -0.15) is 0 Å². The van der Waals surface area contributed by atoms with E-state index in [-0.39, 0.29) is 36.6 Å². The van der Waals surface area contributed by atoms with Gasteiger partial charge in [0.05, 0.1) is 5.69 Å². The average Bonchev–Trinajstić information content (AvgIpc) is 3.06. The van der Waals surface area contributed by atoms with Gasteiger partial charge in [0.15, 0.2) is 0 Å². The topological polar surface area (TPSA) is 58.4 Å². The number of imidazole rings is 1. The Hall–Kier alpha value is -1.30. The lowest BCUT2D eigenvalue weighted by molar-refractivity contribution is -0.123. The number of halogens is 2. The first kappa shape index (κ1) is 19.0. The minimum absolute atomic E-state index is 0. The molecule has 0 bridgehead atoms. The smallest absolute Gasteiger partial charge is 0.223 e. The first-order valence-electron chi connectivity index (χ1n) is 8.18. The molecular weight excluding hydrogens is 347 g/mol. The van der Waals surface area contributed by atoms with Crippen LogP contribution in [0.4, 0.5) is 0 Å². The molecule has 1 saturated carbocycles. The molecule has 132 valence electrons. The predicted molar refractivity (Wildman–Crippen MR) is 99.0 cm³/mol. The van der Waals surface area contributed by atoms with Crippen molar-refractivity contribution in [2.75, 3.05) is 19.6 Å². The maximum atomic E-state index is 12.3. The highest BCUT2D eigenvalue weighted by molar-refractivity contribution is 5.85. The quantitative estimate of drug-likeness (QED) is 0.867. The van der Waals surface area contributed by atoms with Crippen LogP contribution in [-0.2, 0) is 11.2 Å². The van der Waals surface area contributed by atoms with E-state index in [0.29, 0.717) is 12.0 Å². The van der Waals surface area contributed by atoms with Crippen molar-refractivity contribution in [3.05, 3.63) is 36.3 Å². The van der Waals surface area contributed by atoms with Crippen LogP contribution in [0.1, 0.15) is 25.0 Å². The van der Waals surface area contributed by atoms with E-state index in [2.05, 4.69) is 15.6 Å². The molecule has 24 heavy (non-hydrogen) atoms. The van der Waals surface area contributed by atoms with E-state index >= 15 is 0 Å². The van der Waals surface area contributed by atoms with Gasteiger partial charge in [0.25, 0.3) is 0 Å². The Bertz CT molecular complexity index is 664. The zero-order chi connectivity index (χ0) is 15.0. The van der Waals surface area contributed by atoms with Gasteiger partial charge < -0.3 is 15.0 Å². The van der Waals surface area contributed by atoms with Crippen molar-refractivity contribution >= 4 is 36.4 Å². The largest absolute Gasteiger partial charge is 0.355 e. The first-order chi connectivity index (χ1) is 10.8. The fraction of sp³-hybridized carbons (Fsp3) is 0.529. The summed E-state index contributed by atoms with van der Waals surface area (Å²) in [4.78, 5) is 16.8. The number of pyridine rings is 1. The molecule has 0 radical (unpaired) electrons. The fourth-order valence-electron chi connectivity index (χ4n) is 3.74. The van der Waals surface area contributed by atoms with Gasteiger partial charge in [-0.25, -0.2) is 4.98 Å². The Morgan fingerprint density at radius 1 is 1.33 bits per heavy atom. The molecule has 5 nitrogen and oxygen atoms in total. The average molecular weight is 371 g/mol. The van der Waals surface area contributed by atoms with E-state index in [1.807, 2.05) is 35.0 Å². The lowest BCUT2D eigenvalue weighted by Gasteiger charge is -2.23. The number of carbonyl (C=O) groups excluding carboxylic acids is 1. The number of piperidine rings is 1. The highest BCUT2D eigenvalue weighted by Crippen LogP contribution is 2.58. The lowest BCUT2D eigenvalue weighted by atomic mass is 9.92. The van der Waals surface area contributed by atoms with Crippen LogP contribution in [-0.4, -0.2) is 34.9 Å². The number of amides is 1. The van der Waals surface area contributed by atoms with Gasteiger partial charge in [-0.3, -0.25) is 4.79 Å². The fourth-order valence-corrected chi connectivity index (χ4v) is 3.74. The molecular formula is C17H24Cl2N4O. The summed E-state index contributed by atoms with van der Waals surface area (Å²) in [6, 6.07) is 5.97. The van der Waals surface area contributed by atoms with Gasteiger partial charge in [0.1, 0.15) is 5.65 Å². The van der Waals surface area contributed by atoms with Crippen LogP contribution in [0.25, 0.3) is 5.65 Å². The number of carbonyl (C=O) groups is 1. The number of aromatic nitrogens is 2. The molecule has 1 unspecified atom stereocenters. The van der Waals surface area contributed by atoms with E-state index in [1.165, 1.54) is 0 Å². The molecule has 2 aromatic rings. The Morgan fingerprint density at radius 3 is 2.88 bits per heavy atom. The highest BCUT2D eigenvalue weighted by Gasteiger charge is 2.57. The van der Waals surface area contributed by atoms with Crippen LogP contribution in [0.15, 0.2) is 30.6 Å². The van der Waals surface area contributed by atoms with Gasteiger partial charge in [0, 0.05) is 31.3 Å². The standard InChI is InChI=1S/C17H22N4O.2ClH/c22-16(14-11-17(14)5-8-18-9-6-17)19-7-4-13-12-21-10-2-1-3-15(21)20-13;;/h1-3,10,12,14,18H,4-9,11H2,(H,19,22);2*1H. The summed E-state index contributed by atoms with van der Waals surface area (Å²) in [6.45, 7) is 2.80. The van der Waals surface area contributed by atoms with Gasteiger partial charge in [-0.15, -0.1) is 24.8 Å². The summed E-state index contributed by atoms with van der Waals surface area (Å²) in [7, 11) is 0. The second kappa shape index (κ2) is 7.72. The van der Waals surface area contributed by atoms with Crippen LogP contribution >= 0.6 is 24.8 Å². The van der Waals surface area contributed by atoms with E-state index in [4.69, 9.17) is 0 Å². The molecule has 1 saturated heterocycles. The van der Waals surface area contributed by atoms with Gasteiger partial charge in [0.2, 0.25) is 5.91 Å². The van der Waals surface area contributed by atoms with Gasteiger partial charge >= 0.3 is 0 Å². The minimum Gasteiger partial charge on any atom is -0.355 e. The third-order valence-corrected chi connectivity index (χ3v) is 5.20. The Morgan fingerprint density at radius 2 is 2.12 bits per heavy atom. The summed E-state index contributed by atoms with van der Waals surface area (Å²) in [5.41, 5.74) is 2.30.